The summed E-state index contributed by atoms with van der Waals surface area (Å²) in [5.41, 5.74) is 0. The van der Waals surface area contributed by atoms with Crippen molar-refractivity contribution in [2.24, 2.45) is 0 Å². The van der Waals surface area contributed by atoms with Crippen LogP contribution in [0.1, 0.15) is 9.67 Å². The fourth-order valence-corrected chi connectivity index (χ4v) is 3.53. The van der Waals surface area contributed by atoms with Gasteiger partial charge in [0.15, 0.2) is 0 Å². The normalized spacial score (nSPS) is 16.2. The van der Waals surface area contributed by atoms with Crippen LogP contribution in [-0.4, -0.2) is 37.0 Å². The number of nitrogens with one attached hydrogen (secondary N) is 1. The van der Waals surface area contributed by atoms with Crippen molar-refractivity contribution in [2.45, 2.75) is 0 Å². The first-order valence-electron chi connectivity index (χ1n) is 5.93. The van der Waals surface area contributed by atoms with Crippen molar-refractivity contribution in [3.05, 3.63) is 33.6 Å². The van der Waals surface area contributed by atoms with Crippen LogP contribution in [0.3, 0.4) is 0 Å². The summed E-state index contributed by atoms with van der Waals surface area (Å²) in [4.78, 5) is 15.1. The highest BCUT2D eigenvalue weighted by Crippen LogP contribution is 2.29. The molecule has 0 atom stereocenters. The lowest BCUT2D eigenvalue weighted by Gasteiger charge is -2.26. The van der Waals surface area contributed by atoms with E-state index in [-0.39, 0.29) is 5.91 Å². The Bertz CT molecular complexity index is 590. The highest BCUT2D eigenvalue weighted by Gasteiger charge is 2.19. The maximum atomic E-state index is 12.4. The minimum absolute atomic E-state index is 0.161. The molecule has 1 aliphatic heterocycles. The Morgan fingerprint density at radius 2 is 2.06 bits per heavy atom. The van der Waals surface area contributed by atoms with Gasteiger partial charge in [0, 0.05) is 35.4 Å². The van der Waals surface area contributed by atoms with Crippen molar-refractivity contribution >= 4 is 43.3 Å². The quantitative estimate of drug-likeness (QED) is 0.874. The molecule has 0 bridgehead atoms. The van der Waals surface area contributed by atoms with E-state index in [2.05, 4.69) is 33.4 Å². The van der Waals surface area contributed by atoms with E-state index >= 15 is 0 Å². The number of carbonyl (C=O) groups is 1. The van der Waals surface area contributed by atoms with Crippen molar-refractivity contribution in [1.29, 1.82) is 0 Å². The van der Waals surface area contributed by atoms with Gasteiger partial charge in [-0.15, -0.1) is 11.3 Å². The lowest BCUT2D eigenvalue weighted by atomic mass is 10.2. The minimum Gasteiger partial charge on any atom is -0.335 e. The Labute approximate surface area is 118 Å². The molecule has 1 aromatic carbocycles. The van der Waals surface area contributed by atoms with E-state index in [0.29, 0.717) is 0 Å². The Hall–Kier alpha value is -0.910. The third-order valence-electron chi connectivity index (χ3n) is 3.09. The van der Waals surface area contributed by atoms with Crippen LogP contribution in [0.2, 0.25) is 0 Å². The lowest BCUT2D eigenvalue weighted by molar-refractivity contribution is 0.0741. The molecule has 1 aromatic heterocycles. The fourth-order valence-electron chi connectivity index (χ4n) is 2.14. The number of piperazine rings is 1. The molecule has 3 rings (SSSR count). The topological polar surface area (TPSA) is 32.3 Å². The number of benzene rings is 1. The molecule has 2 aromatic rings. The maximum Gasteiger partial charge on any atom is 0.264 e. The van der Waals surface area contributed by atoms with Crippen LogP contribution < -0.4 is 5.32 Å². The van der Waals surface area contributed by atoms with E-state index in [1.807, 2.05) is 17.0 Å². The number of fused-ring (bicyclic) bond motifs is 1. The third-order valence-corrected chi connectivity index (χ3v) is 4.69. The largest absolute Gasteiger partial charge is 0.335 e. The molecule has 0 unspecified atom stereocenters. The number of carbonyl (C=O) groups excluding carboxylic acids is 1. The first-order valence-corrected chi connectivity index (χ1v) is 7.54. The van der Waals surface area contributed by atoms with Gasteiger partial charge in [0.05, 0.1) is 4.88 Å². The van der Waals surface area contributed by atoms with Crippen LogP contribution in [-0.2, 0) is 0 Å². The van der Waals surface area contributed by atoms with Gasteiger partial charge in [-0.05, 0) is 29.7 Å². The van der Waals surface area contributed by atoms with E-state index in [0.717, 1.165) is 45.6 Å². The molecular weight excluding hydrogens is 312 g/mol. The standard InChI is InChI=1S/C13H13BrN2OS/c14-10-1-2-11-9(7-10)8-12(18-11)13(17)16-5-3-15-4-6-16/h1-2,7-8,15H,3-6H2. The molecule has 3 nitrogen and oxygen atoms in total. The van der Waals surface area contributed by atoms with Gasteiger partial charge < -0.3 is 10.2 Å². The molecule has 5 heteroatoms. The monoisotopic (exact) mass is 324 g/mol. The number of thiophene rings is 1. The van der Waals surface area contributed by atoms with Gasteiger partial charge in [0.25, 0.3) is 5.91 Å². The number of hydrogen-bond donors (Lipinski definition) is 1. The molecule has 0 spiro atoms. The average Bonchev–Trinajstić information content (AvgIpc) is 2.81. The van der Waals surface area contributed by atoms with Gasteiger partial charge in [-0.25, -0.2) is 0 Å². The third kappa shape index (κ3) is 2.30. The lowest BCUT2D eigenvalue weighted by Crippen LogP contribution is -2.46. The SMILES string of the molecule is O=C(c1cc2cc(Br)ccc2s1)N1CCNCC1. The summed E-state index contributed by atoms with van der Waals surface area (Å²) in [5, 5.41) is 4.39. The number of halogens is 1. The highest BCUT2D eigenvalue weighted by molar-refractivity contribution is 9.10. The zero-order valence-corrected chi connectivity index (χ0v) is 12.2. The highest BCUT2D eigenvalue weighted by atomic mass is 79.9. The Morgan fingerprint density at radius 1 is 1.28 bits per heavy atom. The van der Waals surface area contributed by atoms with Gasteiger partial charge in [0.1, 0.15) is 0 Å². The van der Waals surface area contributed by atoms with Crippen molar-refractivity contribution in [3.63, 3.8) is 0 Å². The first kappa shape index (κ1) is 12.1. The summed E-state index contributed by atoms with van der Waals surface area (Å²) in [6.07, 6.45) is 0. The van der Waals surface area contributed by atoms with Crippen molar-refractivity contribution < 1.29 is 4.79 Å². The van der Waals surface area contributed by atoms with Gasteiger partial charge in [-0.2, -0.15) is 0 Å². The summed E-state index contributed by atoms with van der Waals surface area (Å²) in [7, 11) is 0. The summed E-state index contributed by atoms with van der Waals surface area (Å²) >= 11 is 5.03. The molecule has 2 heterocycles. The number of hydrogen-bond acceptors (Lipinski definition) is 3. The molecule has 1 saturated heterocycles. The molecule has 18 heavy (non-hydrogen) atoms. The van der Waals surface area contributed by atoms with Crippen LogP contribution in [0, 0.1) is 0 Å². The van der Waals surface area contributed by atoms with E-state index in [1.165, 1.54) is 0 Å². The Balaban J connectivity index is 1.91. The molecule has 1 fully saturated rings. The van der Waals surface area contributed by atoms with Gasteiger partial charge >= 0.3 is 0 Å². The second-order valence-corrected chi connectivity index (χ2v) is 6.33. The molecule has 0 radical (unpaired) electrons. The van der Waals surface area contributed by atoms with Crippen LogP contribution in [0.15, 0.2) is 28.7 Å². The second-order valence-electron chi connectivity index (χ2n) is 4.33. The van der Waals surface area contributed by atoms with Crippen LogP contribution >= 0.6 is 27.3 Å². The number of nitrogens with zero attached hydrogens (tertiary/aromatic N) is 1. The zero-order valence-electron chi connectivity index (χ0n) is 9.78. The summed E-state index contributed by atoms with van der Waals surface area (Å²) in [6.45, 7) is 3.39. The van der Waals surface area contributed by atoms with Crippen molar-refractivity contribution in [2.75, 3.05) is 26.2 Å². The molecular formula is C13H13BrN2OS. The predicted octanol–water partition coefficient (Wildman–Crippen LogP) is 2.71. The van der Waals surface area contributed by atoms with E-state index in [4.69, 9.17) is 0 Å². The van der Waals surface area contributed by atoms with Crippen LogP contribution in [0.25, 0.3) is 10.1 Å². The van der Waals surface area contributed by atoms with Gasteiger partial charge in [-0.3, -0.25) is 4.79 Å². The second kappa shape index (κ2) is 4.99. The van der Waals surface area contributed by atoms with E-state index < -0.39 is 0 Å². The Kier molecular flexibility index (Phi) is 3.37. The molecule has 0 aliphatic carbocycles. The molecule has 0 saturated carbocycles. The summed E-state index contributed by atoms with van der Waals surface area (Å²) in [6, 6.07) is 8.12. The minimum atomic E-state index is 0.161. The van der Waals surface area contributed by atoms with Crippen LogP contribution in [0.4, 0.5) is 0 Å². The van der Waals surface area contributed by atoms with E-state index in [1.54, 1.807) is 11.3 Å². The maximum absolute atomic E-state index is 12.4. The van der Waals surface area contributed by atoms with Gasteiger partial charge in [0.2, 0.25) is 0 Å². The average molecular weight is 325 g/mol. The summed E-state index contributed by atoms with van der Waals surface area (Å²) < 4.78 is 2.21. The summed E-state index contributed by atoms with van der Waals surface area (Å²) in [5.74, 6) is 0.161. The Morgan fingerprint density at radius 3 is 2.83 bits per heavy atom. The molecule has 94 valence electrons. The number of amides is 1. The van der Waals surface area contributed by atoms with E-state index in [9.17, 15) is 4.79 Å². The van der Waals surface area contributed by atoms with Crippen molar-refractivity contribution in [1.82, 2.24) is 10.2 Å². The first-order chi connectivity index (χ1) is 8.74. The van der Waals surface area contributed by atoms with Gasteiger partial charge in [-0.1, -0.05) is 15.9 Å². The molecule has 1 aliphatic rings. The number of rotatable bonds is 1. The van der Waals surface area contributed by atoms with Crippen LogP contribution in [0.5, 0.6) is 0 Å². The predicted molar refractivity (Wildman–Crippen MR) is 78.3 cm³/mol. The van der Waals surface area contributed by atoms with Crippen molar-refractivity contribution in [3.8, 4) is 0 Å². The fraction of sp³-hybridized carbons (Fsp3) is 0.308. The molecule has 1 amide bonds. The zero-order chi connectivity index (χ0) is 12.5. The smallest absolute Gasteiger partial charge is 0.264 e. The molecule has 1 N–H and O–H groups in total.